The van der Waals surface area contributed by atoms with Gasteiger partial charge >= 0.3 is 5.97 Å². The molecule has 0 radical (unpaired) electrons. The molecule has 114 valence electrons. The maximum atomic E-state index is 10.7. The molecule has 0 aliphatic rings. The summed E-state index contributed by atoms with van der Waals surface area (Å²) in [6, 6.07) is 17.2. The zero-order valence-electron chi connectivity index (χ0n) is 12.9. The van der Waals surface area contributed by atoms with Gasteiger partial charge in [-0.2, -0.15) is 0 Å². The second-order valence-electron chi connectivity index (χ2n) is 4.48. The van der Waals surface area contributed by atoms with Crippen LogP contribution in [0, 0.1) is 0 Å². The molecular formula is C19H20O3. The predicted octanol–water partition coefficient (Wildman–Crippen LogP) is 3.93. The highest BCUT2D eigenvalue weighted by molar-refractivity contribution is 5.86. The molecule has 0 spiro atoms. The highest BCUT2D eigenvalue weighted by Crippen LogP contribution is 2.02. The van der Waals surface area contributed by atoms with E-state index in [1.165, 1.54) is 18.7 Å². The average molecular weight is 296 g/mol. The van der Waals surface area contributed by atoms with E-state index in [4.69, 9.17) is 0 Å². The molecule has 3 heteroatoms. The monoisotopic (exact) mass is 296 g/mol. The molecule has 0 N–H and O–H groups in total. The van der Waals surface area contributed by atoms with Crippen molar-refractivity contribution in [2.24, 2.45) is 0 Å². The highest BCUT2D eigenvalue weighted by Gasteiger charge is 1.90. The number of carbonyl (C=O) groups excluding carboxylic acids is 2. The van der Waals surface area contributed by atoms with Crippen molar-refractivity contribution in [2.75, 3.05) is 7.11 Å². The lowest BCUT2D eigenvalue weighted by molar-refractivity contribution is -0.134. The second kappa shape index (κ2) is 10.1. The largest absolute Gasteiger partial charge is 0.466 e. The number of hydrogen-bond acceptors (Lipinski definition) is 3. The van der Waals surface area contributed by atoms with Crippen molar-refractivity contribution in [3.8, 4) is 0 Å². The molecule has 0 bridgehead atoms. The van der Waals surface area contributed by atoms with Crippen molar-refractivity contribution in [1.82, 2.24) is 0 Å². The minimum atomic E-state index is -0.334. The first-order valence-corrected chi connectivity index (χ1v) is 7.04. The molecule has 0 heterocycles. The lowest BCUT2D eigenvalue weighted by Gasteiger charge is -1.93. The summed E-state index contributed by atoms with van der Waals surface area (Å²) in [5.41, 5.74) is 3.01. The number of hydrogen-bond donors (Lipinski definition) is 0. The van der Waals surface area contributed by atoms with Crippen molar-refractivity contribution >= 4 is 18.3 Å². The average Bonchev–Trinajstić information content (AvgIpc) is 2.61. The van der Waals surface area contributed by atoms with Gasteiger partial charge in [0.05, 0.1) is 7.11 Å². The predicted molar refractivity (Wildman–Crippen MR) is 88.7 cm³/mol. The Morgan fingerprint density at radius 3 is 2.14 bits per heavy atom. The van der Waals surface area contributed by atoms with Crippen molar-refractivity contribution < 1.29 is 14.3 Å². The molecular weight excluding hydrogens is 276 g/mol. The fraction of sp³-hybridized carbons (Fsp3) is 0.158. The highest BCUT2D eigenvalue weighted by atomic mass is 16.5. The number of rotatable bonds is 4. The number of benzene rings is 2. The van der Waals surface area contributed by atoms with Crippen LogP contribution in [0.25, 0.3) is 6.08 Å². The van der Waals surface area contributed by atoms with Gasteiger partial charge in [0.15, 0.2) is 0 Å². The number of aldehydes is 1. The van der Waals surface area contributed by atoms with E-state index in [0.29, 0.717) is 0 Å². The SMILES string of the molecule is CCc1ccc(C=O)cc1.COC(=O)C=Cc1ccccc1. The van der Waals surface area contributed by atoms with E-state index in [1.807, 2.05) is 54.6 Å². The van der Waals surface area contributed by atoms with E-state index in [1.54, 1.807) is 6.08 Å². The first-order chi connectivity index (χ1) is 10.7. The summed E-state index contributed by atoms with van der Waals surface area (Å²) < 4.78 is 4.45. The van der Waals surface area contributed by atoms with E-state index in [2.05, 4.69) is 11.7 Å². The minimum Gasteiger partial charge on any atom is -0.466 e. The van der Waals surface area contributed by atoms with Crippen LogP contribution in [0.2, 0.25) is 0 Å². The van der Waals surface area contributed by atoms with Gasteiger partial charge in [-0.25, -0.2) is 4.79 Å². The van der Waals surface area contributed by atoms with Crippen LogP contribution in [0.3, 0.4) is 0 Å². The maximum absolute atomic E-state index is 10.7. The smallest absolute Gasteiger partial charge is 0.330 e. The Labute approximate surface area is 131 Å². The van der Waals surface area contributed by atoms with E-state index in [-0.39, 0.29) is 5.97 Å². The fourth-order valence-electron chi connectivity index (χ4n) is 1.63. The zero-order valence-corrected chi connectivity index (χ0v) is 12.9. The van der Waals surface area contributed by atoms with Crippen molar-refractivity contribution in [3.05, 3.63) is 77.4 Å². The first-order valence-electron chi connectivity index (χ1n) is 7.04. The third-order valence-electron chi connectivity index (χ3n) is 2.94. The molecule has 3 nitrogen and oxygen atoms in total. The number of carbonyl (C=O) groups is 2. The Morgan fingerprint density at radius 1 is 1.00 bits per heavy atom. The van der Waals surface area contributed by atoms with Crippen LogP contribution in [-0.2, 0) is 16.0 Å². The van der Waals surface area contributed by atoms with Crippen LogP contribution in [0.4, 0.5) is 0 Å². The topological polar surface area (TPSA) is 43.4 Å². The molecule has 0 fully saturated rings. The van der Waals surface area contributed by atoms with Gasteiger partial charge < -0.3 is 4.74 Å². The van der Waals surface area contributed by atoms with Crippen LogP contribution in [0.1, 0.15) is 28.4 Å². The molecule has 2 rings (SSSR count). The Hall–Kier alpha value is -2.68. The van der Waals surface area contributed by atoms with Crippen molar-refractivity contribution in [3.63, 3.8) is 0 Å². The molecule has 22 heavy (non-hydrogen) atoms. The lowest BCUT2D eigenvalue weighted by atomic mass is 10.1. The van der Waals surface area contributed by atoms with Crippen molar-refractivity contribution in [2.45, 2.75) is 13.3 Å². The molecule has 0 amide bonds. The first kappa shape index (κ1) is 17.4. The summed E-state index contributed by atoms with van der Waals surface area (Å²) in [5, 5.41) is 0. The Balaban J connectivity index is 0.000000224. The normalized spacial score (nSPS) is 9.73. The van der Waals surface area contributed by atoms with E-state index >= 15 is 0 Å². The number of aryl methyl sites for hydroxylation is 1. The molecule has 0 aromatic heterocycles. The standard InChI is InChI=1S/C10H10O2.C9H10O/c1-12-10(11)8-7-9-5-3-2-4-6-9;1-2-8-3-5-9(7-10)6-4-8/h2-8H,1H3;3-7H,2H2,1H3. The summed E-state index contributed by atoms with van der Waals surface area (Å²) in [7, 11) is 1.36. The van der Waals surface area contributed by atoms with Crippen LogP contribution < -0.4 is 0 Å². The summed E-state index contributed by atoms with van der Waals surface area (Å²) in [5.74, 6) is -0.334. The zero-order chi connectivity index (χ0) is 16.2. The van der Waals surface area contributed by atoms with Gasteiger partial charge in [0.25, 0.3) is 0 Å². The Bertz CT molecular complexity index is 598. The van der Waals surface area contributed by atoms with Gasteiger partial charge in [0, 0.05) is 11.6 Å². The van der Waals surface area contributed by atoms with Gasteiger partial charge in [-0.15, -0.1) is 0 Å². The van der Waals surface area contributed by atoms with Crippen LogP contribution in [0.15, 0.2) is 60.7 Å². The molecule has 0 saturated carbocycles. The third kappa shape index (κ3) is 6.66. The van der Waals surface area contributed by atoms with Gasteiger partial charge in [-0.3, -0.25) is 4.79 Å². The van der Waals surface area contributed by atoms with E-state index in [0.717, 1.165) is 23.8 Å². The molecule has 0 atom stereocenters. The summed E-state index contributed by atoms with van der Waals surface area (Å²) in [6.07, 6.45) is 5.00. The van der Waals surface area contributed by atoms with Gasteiger partial charge in [-0.05, 0) is 23.6 Å². The van der Waals surface area contributed by atoms with Gasteiger partial charge in [0.2, 0.25) is 0 Å². The molecule has 0 unspecified atom stereocenters. The molecule has 0 saturated heterocycles. The second-order valence-corrected chi connectivity index (χ2v) is 4.48. The molecule has 0 aliphatic carbocycles. The molecule has 2 aromatic rings. The number of ether oxygens (including phenoxy) is 1. The Morgan fingerprint density at radius 2 is 1.64 bits per heavy atom. The maximum Gasteiger partial charge on any atom is 0.330 e. The van der Waals surface area contributed by atoms with Crippen LogP contribution >= 0.6 is 0 Å². The van der Waals surface area contributed by atoms with E-state index in [9.17, 15) is 9.59 Å². The third-order valence-corrected chi connectivity index (χ3v) is 2.94. The summed E-state index contributed by atoms with van der Waals surface area (Å²) in [6.45, 7) is 2.09. The number of methoxy groups -OCH3 is 1. The van der Waals surface area contributed by atoms with Crippen LogP contribution in [0.5, 0.6) is 0 Å². The fourth-order valence-corrected chi connectivity index (χ4v) is 1.63. The van der Waals surface area contributed by atoms with Crippen LogP contribution in [-0.4, -0.2) is 19.4 Å². The lowest BCUT2D eigenvalue weighted by Crippen LogP contribution is -1.92. The van der Waals surface area contributed by atoms with Gasteiger partial charge in [0.1, 0.15) is 6.29 Å². The molecule has 0 aliphatic heterocycles. The van der Waals surface area contributed by atoms with E-state index < -0.39 is 0 Å². The summed E-state index contributed by atoms with van der Waals surface area (Å²) in [4.78, 5) is 20.9. The minimum absolute atomic E-state index is 0.334. The van der Waals surface area contributed by atoms with Crippen molar-refractivity contribution in [1.29, 1.82) is 0 Å². The Kier molecular flexibility index (Phi) is 7.98. The molecule has 2 aromatic carbocycles. The van der Waals surface area contributed by atoms with Gasteiger partial charge in [-0.1, -0.05) is 61.5 Å². The quantitative estimate of drug-likeness (QED) is 0.488. The number of esters is 1. The summed E-state index contributed by atoms with van der Waals surface area (Å²) >= 11 is 0.